The van der Waals surface area contributed by atoms with Crippen molar-refractivity contribution in [2.24, 2.45) is 0 Å². The highest BCUT2D eigenvalue weighted by molar-refractivity contribution is 5.83. The Bertz CT molecular complexity index is 521. The lowest BCUT2D eigenvalue weighted by Gasteiger charge is -2.27. The van der Waals surface area contributed by atoms with Crippen LogP contribution in [0.3, 0.4) is 0 Å². The van der Waals surface area contributed by atoms with Gasteiger partial charge in [-0.2, -0.15) is 0 Å². The molecule has 0 radical (unpaired) electrons. The minimum atomic E-state index is -0.977. The van der Waals surface area contributed by atoms with Crippen molar-refractivity contribution in [3.8, 4) is 0 Å². The number of halogens is 1. The van der Waals surface area contributed by atoms with E-state index >= 15 is 0 Å². The van der Waals surface area contributed by atoms with Crippen molar-refractivity contribution < 1.29 is 19.1 Å². The number of aliphatic carboxylic acids is 1. The number of nitrogens with zero attached hydrogens (tertiary/aromatic N) is 2. The van der Waals surface area contributed by atoms with Gasteiger partial charge in [0, 0.05) is 20.1 Å². The largest absolute Gasteiger partial charge is 0.480 e. The van der Waals surface area contributed by atoms with E-state index in [4.69, 9.17) is 5.11 Å². The van der Waals surface area contributed by atoms with Gasteiger partial charge >= 0.3 is 12.0 Å². The Morgan fingerprint density at radius 3 is 2.90 bits per heavy atom. The maximum absolute atomic E-state index is 13.1. The number of hydrogen-bond acceptors (Lipinski definition) is 2. The number of carboxylic acids is 1. The summed E-state index contributed by atoms with van der Waals surface area (Å²) in [6, 6.07) is 4.93. The maximum atomic E-state index is 13.1. The van der Waals surface area contributed by atoms with Gasteiger partial charge in [-0.1, -0.05) is 12.1 Å². The van der Waals surface area contributed by atoms with E-state index in [9.17, 15) is 14.0 Å². The van der Waals surface area contributed by atoms with Crippen LogP contribution in [0.25, 0.3) is 0 Å². The topological polar surface area (TPSA) is 60.9 Å². The molecule has 1 aromatic carbocycles. The lowest BCUT2D eigenvalue weighted by Crippen LogP contribution is -2.46. The number of carbonyl (C=O) groups is 2. The van der Waals surface area contributed by atoms with Crippen molar-refractivity contribution in [2.75, 3.05) is 13.6 Å². The van der Waals surface area contributed by atoms with E-state index in [2.05, 4.69) is 0 Å². The fourth-order valence-electron chi connectivity index (χ4n) is 2.45. The molecule has 1 fully saturated rings. The Morgan fingerprint density at radius 1 is 1.50 bits per heavy atom. The molecule has 20 heavy (non-hydrogen) atoms. The van der Waals surface area contributed by atoms with Gasteiger partial charge in [-0.05, 0) is 30.5 Å². The average Bonchev–Trinajstić information content (AvgIpc) is 2.87. The first kappa shape index (κ1) is 14.3. The number of carbonyl (C=O) groups excluding carboxylic acids is 1. The fourth-order valence-corrected chi connectivity index (χ4v) is 2.45. The summed E-state index contributed by atoms with van der Waals surface area (Å²) >= 11 is 0. The molecule has 0 spiro atoms. The fraction of sp³-hybridized carbons (Fsp3) is 0.429. The van der Waals surface area contributed by atoms with Crippen molar-refractivity contribution in [1.29, 1.82) is 0 Å². The SMILES string of the molecule is CN(Cc1cccc(F)c1)C(=O)N1CCC[C@H]1C(=O)O. The van der Waals surface area contributed by atoms with Gasteiger partial charge in [0.05, 0.1) is 0 Å². The van der Waals surface area contributed by atoms with Gasteiger partial charge in [-0.25, -0.2) is 14.0 Å². The van der Waals surface area contributed by atoms with Gasteiger partial charge in [-0.3, -0.25) is 0 Å². The molecule has 1 N–H and O–H groups in total. The molecule has 0 saturated carbocycles. The van der Waals surface area contributed by atoms with Gasteiger partial charge in [0.2, 0.25) is 0 Å². The first-order valence-corrected chi connectivity index (χ1v) is 6.48. The predicted octanol–water partition coefficient (Wildman–Crippen LogP) is 1.93. The summed E-state index contributed by atoms with van der Waals surface area (Å²) in [5.74, 6) is -1.33. The first-order valence-electron chi connectivity index (χ1n) is 6.48. The summed E-state index contributed by atoms with van der Waals surface area (Å²) in [5.41, 5.74) is 0.673. The minimum Gasteiger partial charge on any atom is -0.480 e. The number of rotatable bonds is 3. The van der Waals surface area contributed by atoms with E-state index < -0.39 is 12.0 Å². The zero-order chi connectivity index (χ0) is 14.7. The molecule has 5 nitrogen and oxygen atoms in total. The van der Waals surface area contributed by atoms with E-state index in [0.717, 1.165) is 0 Å². The number of hydrogen-bond donors (Lipinski definition) is 1. The highest BCUT2D eigenvalue weighted by Gasteiger charge is 2.35. The van der Waals surface area contributed by atoms with Gasteiger partial charge in [0.15, 0.2) is 0 Å². The normalized spacial score (nSPS) is 18.1. The second-order valence-corrected chi connectivity index (χ2v) is 4.96. The Labute approximate surface area is 116 Å². The van der Waals surface area contributed by atoms with Crippen molar-refractivity contribution in [2.45, 2.75) is 25.4 Å². The number of carboxylic acid groups (broad SMARTS) is 1. The summed E-state index contributed by atoms with van der Waals surface area (Å²) in [4.78, 5) is 26.1. The van der Waals surface area contributed by atoms with E-state index in [1.165, 1.54) is 21.9 Å². The molecule has 1 heterocycles. The third-order valence-electron chi connectivity index (χ3n) is 3.42. The van der Waals surface area contributed by atoms with Crippen LogP contribution in [0.4, 0.5) is 9.18 Å². The second-order valence-electron chi connectivity index (χ2n) is 4.96. The average molecular weight is 280 g/mol. The van der Waals surface area contributed by atoms with Crippen LogP contribution in [0.5, 0.6) is 0 Å². The van der Waals surface area contributed by atoms with Crippen LogP contribution >= 0.6 is 0 Å². The summed E-state index contributed by atoms with van der Waals surface area (Å²) in [6.07, 6.45) is 1.17. The van der Waals surface area contributed by atoms with Crippen LogP contribution in [-0.4, -0.2) is 46.5 Å². The molecule has 2 rings (SSSR count). The summed E-state index contributed by atoms with van der Waals surface area (Å²) in [5, 5.41) is 9.08. The molecule has 1 aliphatic rings. The van der Waals surface area contributed by atoms with Gasteiger partial charge in [0.25, 0.3) is 0 Å². The zero-order valence-electron chi connectivity index (χ0n) is 11.3. The third-order valence-corrected chi connectivity index (χ3v) is 3.42. The van der Waals surface area contributed by atoms with Crippen molar-refractivity contribution in [3.05, 3.63) is 35.6 Å². The molecule has 1 atom stereocenters. The van der Waals surface area contributed by atoms with Gasteiger partial charge in [0.1, 0.15) is 11.9 Å². The Hall–Kier alpha value is -2.11. The number of urea groups is 1. The lowest BCUT2D eigenvalue weighted by atomic mass is 10.2. The van der Waals surface area contributed by atoms with Crippen molar-refractivity contribution in [1.82, 2.24) is 9.80 Å². The zero-order valence-corrected chi connectivity index (χ0v) is 11.3. The van der Waals surface area contributed by atoms with Crippen LogP contribution in [0.15, 0.2) is 24.3 Å². The highest BCUT2D eigenvalue weighted by Crippen LogP contribution is 2.19. The Kier molecular flexibility index (Phi) is 4.22. The number of amides is 2. The highest BCUT2D eigenvalue weighted by atomic mass is 19.1. The van der Waals surface area contributed by atoms with Crippen LogP contribution < -0.4 is 0 Å². The quantitative estimate of drug-likeness (QED) is 0.920. The number of likely N-dealkylation sites (tertiary alicyclic amines) is 1. The molecule has 0 bridgehead atoms. The molecular weight excluding hydrogens is 263 g/mol. The summed E-state index contributed by atoms with van der Waals surface area (Å²) < 4.78 is 13.1. The van der Waals surface area contributed by atoms with Crippen LogP contribution in [0, 0.1) is 5.82 Å². The molecule has 2 amide bonds. The molecule has 1 aromatic rings. The molecule has 0 aliphatic carbocycles. The smallest absolute Gasteiger partial charge is 0.326 e. The standard InChI is InChI=1S/C14H17FN2O3/c1-16(9-10-4-2-5-11(15)8-10)14(20)17-7-3-6-12(17)13(18)19/h2,4-5,8,12H,3,6-7,9H2,1H3,(H,18,19)/t12-/m0/s1. The second kappa shape index (κ2) is 5.90. The van der Waals surface area contributed by atoms with Gasteiger partial charge < -0.3 is 14.9 Å². The minimum absolute atomic E-state index is 0.249. The van der Waals surface area contributed by atoms with E-state index in [1.54, 1.807) is 19.2 Å². The monoisotopic (exact) mass is 280 g/mol. The summed E-state index contributed by atoms with van der Waals surface area (Å²) in [6.45, 7) is 0.697. The predicted molar refractivity (Wildman–Crippen MR) is 70.6 cm³/mol. The van der Waals surface area contributed by atoms with E-state index in [-0.39, 0.29) is 18.4 Å². The van der Waals surface area contributed by atoms with Crippen molar-refractivity contribution >= 4 is 12.0 Å². The molecule has 1 saturated heterocycles. The summed E-state index contributed by atoms with van der Waals surface area (Å²) in [7, 11) is 1.59. The van der Waals surface area contributed by atoms with Crippen LogP contribution in [0.1, 0.15) is 18.4 Å². The molecule has 0 unspecified atom stereocenters. The molecule has 1 aliphatic heterocycles. The lowest BCUT2D eigenvalue weighted by molar-refractivity contribution is -0.141. The molecular formula is C14H17FN2O3. The molecule has 6 heteroatoms. The Morgan fingerprint density at radius 2 is 2.25 bits per heavy atom. The van der Waals surface area contributed by atoms with Crippen molar-refractivity contribution in [3.63, 3.8) is 0 Å². The van der Waals surface area contributed by atoms with E-state index in [0.29, 0.717) is 24.9 Å². The Balaban J connectivity index is 2.03. The van der Waals surface area contributed by atoms with Crippen LogP contribution in [0.2, 0.25) is 0 Å². The van der Waals surface area contributed by atoms with E-state index in [1.807, 2.05) is 0 Å². The molecule has 0 aromatic heterocycles. The number of benzene rings is 1. The molecule has 108 valence electrons. The first-order chi connectivity index (χ1) is 9.49. The van der Waals surface area contributed by atoms with Crippen LogP contribution in [-0.2, 0) is 11.3 Å². The third kappa shape index (κ3) is 3.07. The maximum Gasteiger partial charge on any atom is 0.326 e. The van der Waals surface area contributed by atoms with Gasteiger partial charge in [-0.15, -0.1) is 0 Å².